The first-order valence-electron chi connectivity index (χ1n) is 8.26. The summed E-state index contributed by atoms with van der Waals surface area (Å²) in [7, 11) is 0. The number of halogens is 2. The van der Waals surface area contributed by atoms with Gasteiger partial charge < -0.3 is 20.1 Å². The monoisotopic (exact) mass is 340 g/mol. The van der Waals surface area contributed by atoms with Crippen molar-refractivity contribution >= 4 is 11.7 Å². The van der Waals surface area contributed by atoms with Crippen molar-refractivity contribution < 1.29 is 23.4 Å². The van der Waals surface area contributed by atoms with E-state index in [-0.39, 0.29) is 17.2 Å². The normalized spacial score (nSPS) is 25.4. The second-order valence-corrected chi connectivity index (χ2v) is 6.50. The van der Waals surface area contributed by atoms with E-state index in [1.54, 1.807) is 4.90 Å². The number of likely N-dealkylation sites (tertiary alicyclic amines) is 1. The van der Waals surface area contributed by atoms with E-state index >= 15 is 0 Å². The summed E-state index contributed by atoms with van der Waals surface area (Å²) in [6.07, 6.45) is 1.60. The van der Waals surface area contributed by atoms with Crippen molar-refractivity contribution in [2.45, 2.75) is 38.4 Å². The van der Waals surface area contributed by atoms with Gasteiger partial charge in [0.2, 0.25) is 0 Å². The fraction of sp³-hybridized carbons (Fsp3) is 0.588. The van der Waals surface area contributed by atoms with Crippen LogP contribution in [0.3, 0.4) is 0 Å². The molecule has 0 unspecified atom stereocenters. The van der Waals surface area contributed by atoms with Crippen molar-refractivity contribution in [2.75, 3.05) is 25.0 Å². The third kappa shape index (κ3) is 3.10. The van der Waals surface area contributed by atoms with Crippen molar-refractivity contribution in [3.8, 4) is 0 Å². The van der Waals surface area contributed by atoms with Crippen LogP contribution in [0.15, 0.2) is 18.2 Å². The number of ether oxygens (including phenoxy) is 1. The molecule has 1 saturated carbocycles. The molecule has 1 aromatic carbocycles. The van der Waals surface area contributed by atoms with Gasteiger partial charge in [-0.25, -0.2) is 13.6 Å². The number of rotatable bonds is 3. The minimum absolute atomic E-state index is 0.0417. The van der Waals surface area contributed by atoms with Gasteiger partial charge in [0, 0.05) is 43.3 Å². The topological polar surface area (TPSA) is 61.8 Å². The van der Waals surface area contributed by atoms with Crippen LogP contribution in [0.4, 0.5) is 19.3 Å². The molecular formula is C17H22F2N2O3. The predicted molar refractivity (Wildman–Crippen MR) is 84.7 cm³/mol. The highest BCUT2D eigenvalue weighted by atomic mass is 19.1. The number of nitrogens with zero attached hydrogens (tertiary/aromatic N) is 1. The average molecular weight is 340 g/mol. The summed E-state index contributed by atoms with van der Waals surface area (Å²) < 4.78 is 32.1. The molecule has 7 heteroatoms. The van der Waals surface area contributed by atoms with E-state index in [0.717, 1.165) is 18.2 Å². The molecule has 2 fully saturated rings. The molecule has 1 aliphatic carbocycles. The summed E-state index contributed by atoms with van der Waals surface area (Å²) in [4.78, 5) is 13.9. The number of nitrogens with one attached hydrogen (secondary N) is 1. The van der Waals surface area contributed by atoms with Crippen molar-refractivity contribution in [1.82, 2.24) is 4.90 Å². The second kappa shape index (κ2) is 6.64. The van der Waals surface area contributed by atoms with Gasteiger partial charge in [-0.3, -0.25) is 0 Å². The van der Waals surface area contributed by atoms with Gasteiger partial charge in [0.25, 0.3) is 0 Å². The third-order valence-electron chi connectivity index (χ3n) is 5.21. The molecule has 1 spiro atoms. The molecule has 5 nitrogen and oxygen atoms in total. The molecule has 2 amide bonds. The number of carbonyl (C=O) groups is 1. The van der Waals surface area contributed by atoms with E-state index in [4.69, 9.17) is 4.74 Å². The Labute approximate surface area is 139 Å². The largest absolute Gasteiger partial charge is 0.392 e. The van der Waals surface area contributed by atoms with E-state index in [0.29, 0.717) is 39.0 Å². The molecule has 132 valence electrons. The van der Waals surface area contributed by atoms with E-state index in [9.17, 15) is 18.7 Å². The number of aliphatic hydroxyl groups is 1. The first-order valence-corrected chi connectivity index (χ1v) is 8.26. The molecule has 0 radical (unpaired) electrons. The molecule has 0 bridgehead atoms. The molecule has 24 heavy (non-hydrogen) atoms. The Morgan fingerprint density at radius 2 is 1.96 bits per heavy atom. The lowest BCUT2D eigenvalue weighted by atomic mass is 9.58. The number of urea groups is 1. The zero-order valence-corrected chi connectivity index (χ0v) is 13.6. The number of hydrogen-bond acceptors (Lipinski definition) is 3. The van der Waals surface area contributed by atoms with Crippen molar-refractivity contribution in [3.05, 3.63) is 29.8 Å². The Balaban J connectivity index is 1.59. The van der Waals surface area contributed by atoms with Gasteiger partial charge >= 0.3 is 6.03 Å². The number of benzene rings is 1. The minimum atomic E-state index is -0.736. The van der Waals surface area contributed by atoms with Crippen LogP contribution in [0, 0.1) is 17.0 Å². The number of hydrogen-bond donors (Lipinski definition) is 2. The molecule has 1 aromatic rings. The maximum absolute atomic E-state index is 13.2. The van der Waals surface area contributed by atoms with Crippen LogP contribution in [0.5, 0.6) is 0 Å². The highest BCUT2D eigenvalue weighted by Gasteiger charge is 2.56. The van der Waals surface area contributed by atoms with E-state index in [1.165, 1.54) is 0 Å². The maximum Gasteiger partial charge on any atom is 0.321 e. The van der Waals surface area contributed by atoms with Crippen molar-refractivity contribution in [1.29, 1.82) is 0 Å². The standard InChI is InChI=1S/C17H22F2N2O3/c1-2-24-15-10-14(22)17(15)3-5-21(6-4-17)16(23)20-13-8-11(18)7-12(19)9-13/h7-9,14-15,22H,2-6,10H2,1H3,(H,20,23)/t14-,15+/m1/s1. The molecule has 2 atom stereocenters. The van der Waals surface area contributed by atoms with Gasteiger partial charge in [-0.15, -0.1) is 0 Å². The van der Waals surface area contributed by atoms with Gasteiger partial charge in [0.1, 0.15) is 11.6 Å². The molecule has 0 aromatic heterocycles. The Morgan fingerprint density at radius 1 is 1.33 bits per heavy atom. The van der Waals surface area contributed by atoms with Gasteiger partial charge in [0.05, 0.1) is 12.2 Å². The summed E-state index contributed by atoms with van der Waals surface area (Å²) in [6, 6.07) is 2.52. The lowest BCUT2D eigenvalue weighted by molar-refractivity contribution is -0.207. The molecule has 3 rings (SSSR count). The number of piperidine rings is 1. The van der Waals surface area contributed by atoms with Crippen LogP contribution in [-0.2, 0) is 4.74 Å². The van der Waals surface area contributed by atoms with Crippen LogP contribution in [0.1, 0.15) is 26.2 Å². The van der Waals surface area contributed by atoms with Crippen LogP contribution < -0.4 is 5.32 Å². The molecule has 2 aliphatic rings. The molecule has 1 heterocycles. The lowest BCUT2D eigenvalue weighted by Gasteiger charge is -2.56. The third-order valence-corrected chi connectivity index (χ3v) is 5.21. The van der Waals surface area contributed by atoms with Gasteiger partial charge in [0.15, 0.2) is 0 Å². The lowest BCUT2D eigenvalue weighted by Crippen LogP contribution is -2.63. The molecular weight excluding hydrogens is 318 g/mol. The summed E-state index contributed by atoms with van der Waals surface area (Å²) in [5, 5.41) is 12.7. The van der Waals surface area contributed by atoms with E-state index < -0.39 is 23.8 Å². The second-order valence-electron chi connectivity index (χ2n) is 6.50. The smallest absolute Gasteiger partial charge is 0.321 e. The van der Waals surface area contributed by atoms with E-state index in [2.05, 4.69) is 5.32 Å². The average Bonchev–Trinajstić information content (AvgIpc) is 2.54. The van der Waals surface area contributed by atoms with Crippen LogP contribution in [-0.4, -0.2) is 47.9 Å². The van der Waals surface area contributed by atoms with Crippen molar-refractivity contribution in [3.63, 3.8) is 0 Å². The Morgan fingerprint density at radius 3 is 2.50 bits per heavy atom. The van der Waals surface area contributed by atoms with Crippen LogP contribution in [0.2, 0.25) is 0 Å². The predicted octanol–water partition coefficient (Wildman–Crippen LogP) is 2.75. The zero-order chi connectivity index (χ0) is 17.3. The number of carbonyl (C=O) groups excluding carboxylic acids is 1. The summed E-state index contributed by atoms with van der Waals surface area (Å²) in [5.74, 6) is -1.47. The quantitative estimate of drug-likeness (QED) is 0.889. The SMILES string of the molecule is CCO[C@H]1C[C@@H](O)C12CCN(C(=O)Nc1cc(F)cc(F)c1)CC2. The highest BCUT2D eigenvalue weighted by Crippen LogP contribution is 2.50. The molecule has 1 saturated heterocycles. The van der Waals surface area contributed by atoms with Crippen molar-refractivity contribution in [2.24, 2.45) is 5.41 Å². The highest BCUT2D eigenvalue weighted by molar-refractivity contribution is 5.89. The summed E-state index contributed by atoms with van der Waals surface area (Å²) in [6.45, 7) is 3.49. The Kier molecular flexibility index (Phi) is 4.73. The van der Waals surface area contributed by atoms with Gasteiger partial charge in [-0.05, 0) is 31.9 Å². The first kappa shape index (κ1) is 17.1. The number of anilines is 1. The summed E-state index contributed by atoms with van der Waals surface area (Å²) >= 11 is 0. The Hall–Kier alpha value is -1.73. The number of amides is 2. The molecule has 2 N–H and O–H groups in total. The fourth-order valence-corrected chi connectivity index (χ4v) is 3.77. The molecule has 1 aliphatic heterocycles. The zero-order valence-electron chi connectivity index (χ0n) is 13.6. The first-order chi connectivity index (χ1) is 11.4. The minimum Gasteiger partial charge on any atom is -0.392 e. The van der Waals surface area contributed by atoms with E-state index in [1.807, 2.05) is 6.92 Å². The Bertz CT molecular complexity index is 596. The fourth-order valence-electron chi connectivity index (χ4n) is 3.77. The van der Waals surface area contributed by atoms with Gasteiger partial charge in [-0.2, -0.15) is 0 Å². The summed E-state index contributed by atoms with van der Waals surface area (Å²) in [5.41, 5.74) is -0.175. The van der Waals surface area contributed by atoms with Crippen LogP contribution >= 0.6 is 0 Å². The number of aliphatic hydroxyl groups excluding tert-OH is 1. The van der Waals surface area contributed by atoms with Gasteiger partial charge in [-0.1, -0.05) is 0 Å². The van der Waals surface area contributed by atoms with Crippen LogP contribution in [0.25, 0.3) is 0 Å². The maximum atomic E-state index is 13.2.